The maximum Gasteiger partial charge on any atom is 0.210 e. The van der Waals surface area contributed by atoms with Crippen molar-refractivity contribution in [3.63, 3.8) is 0 Å². The standard InChI is InChI=1S/C32H36Br2ClNO6S/c1-5-6-8-29-32(24-18-22(35)10-12-27(24)42-29)43(37,38)23-19-25(33)31(26(34)20-23)41-16-7-14-36(2)15-13-21-9-11-28(39-3)30(17-21)40-4/h9-12,17-20H,5-8,13-16H2,1-4H3. The lowest BCUT2D eigenvalue weighted by Gasteiger charge is -2.18. The van der Waals surface area contributed by atoms with E-state index in [1.807, 2.05) is 18.2 Å². The van der Waals surface area contributed by atoms with Gasteiger partial charge in [0.05, 0.1) is 34.7 Å². The number of fused-ring (bicyclic) bond motifs is 1. The summed E-state index contributed by atoms with van der Waals surface area (Å²) in [6.45, 7) is 4.24. The zero-order valence-electron chi connectivity index (χ0n) is 24.7. The number of likely N-dealkylation sites (N-methyl/N-ethyl adjacent to an activating group) is 1. The molecule has 7 nitrogen and oxygen atoms in total. The Morgan fingerprint density at radius 2 is 1.63 bits per heavy atom. The molecule has 0 atom stereocenters. The Labute approximate surface area is 275 Å². The molecule has 3 aromatic carbocycles. The van der Waals surface area contributed by atoms with E-state index in [1.165, 1.54) is 5.56 Å². The van der Waals surface area contributed by atoms with Crippen LogP contribution in [0.4, 0.5) is 0 Å². The molecular formula is C32H36Br2ClNO6S. The van der Waals surface area contributed by atoms with E-state index in [0.717, 1.165) is 50.3 Å². The molecule has 0 aliphatic heterocycles. The molecule has 0 aliphatic carbocycles. The number of rotatable bonds is 15. The Hall–Kier alpha value is -2.24. The van der Waals surface area contributed by atoms with Gasteiger partial charge in [-0.1, -0.05) is 31.0 Å². The van der Waals surface area contributed by atoms with Crippen molar-refractivity contribution in [2.75, 3.05) is 41.0 Å². The number of hydrogen-bond acceptors (Lipinski definition) is 7. The first kappa shape index (κ1) is 33.6. The molecule has 0 saturated heterocycles. The van der Waals surface area contributed by atoms with Crippen LogP contribution in [0.15, 0.2) is 71.7 Å². The van der Waals surface area contributed by atoms with Gasteiger partial charge in [0.2, 0.25) is 9.84 Å². The first-order valence-corrected chi connectivity index (χ1v) is 17.5. The van der Waals surface area contributed by atoms with Gasteiger partial charge >= 0.3 is 0 Å². The molecular weight excluding hydrogens is 722 g/mol. The maximum atomic E-state index is 14.0. The lowest BCUT2D eigenvalue weighted by atomic mass is 10.1. The number of aryl methyl sites for hydroxylation is 1. The zero-order valence-corrected chi connectivity index (χ0v) is 29.5. The van der Waals surface area contributed by atoms with E-state index < -0.39 is 9.84 Å². The Balaban J connectivity index is 1.41. The minimum atomic E-state index is -3.93. The molecule has 4 rings (SSSR count). The molecule has 0 radical (unpaired) electrons. The van der Waals surface area contributed by atoms with Gasteiger partial charge in [0.25, 0.3) is 0 Å². The first-order valence-electron chi connectivity index (χ1n) is 14.1. The third kappa shape index (κ3) is 8.08. The first-order chi connectivity index (χ1) is 20.6. The van der Waals surface area contributed by atoms with E-state index in [0.29, 0.717) is 49.5 Å². The fourth-order valence-electron chi connectivity index (χ4n) is 4.82. The molecule has 0 spiro atoms. The van der Waals surface area contributed by atoms with Crippen molar-refractivity contribution < 1.29 is 27.0 Å². The summed E-state index contributed by atoms with van der Waals surface area (Å²) in [5.74, 6) is 2.45. The predicted molar refractivity (Wildman–Crippen MR) is 178 cm³/mol. The number of nitrogens with zero attached hydrogens (tertiary/aromatic N) is 1. The minimum absolute atomic E-state index is 0.133. The largest absolute Gasteiger partial charge is 0.493 e. The maximum absolute atomic E-state index is 14.0. The number of benzene rings is 3. The van der Waals surface area contributed by atoms with Crippen LogP contribution >= 0.6 is 43.5 Å². The van der Waals surface area contributed by atoms with Crippen molar-refractivity contribution in [3.05, 3.63) is 73.8 Å². The highest BCUT2D eigenvalue weighted by Crippen LogP contribution is 2.41. The molecule has 0 unspecified atom stereocenters. The van der Waals surface area contributed by atoms with Crippen LogP contribution < -0.4 is 14.2 Å². The Bertz CT molecular complexity index is 1650. The highest BCUT2D eigenvalue weighted by molar-refractivity contribution is 9.11. The van der Waals surface area contributed by atoms with Crippen LogP contribution in [0.2, 0.25) is 5.02 Å². The lowest BCUT2D eigenvalue weighted by Crippen LogP contribution is -2.23. The predicted octanol–water partition coefficient (Wildman–Crippen LogP) is 8.75. The zero-order chi connectivity index (χ0) is 31.1. The van der Waals surface area contributed by atoms with E-state index in [1.54, 1.807) is 44.6 Å². The van der Waals surface area contributed by atoms with Crippen molar-refractivity contribution >= 4 is 64.3 Å². The van der Waals surface area contributed by atoms with Gasteiger partial charge in [0, 0.05) is 29.9 Å². The summed E-state index contributed by atoms with van der Waals surface area (Å²) < 4.78 is 51.8. The van der Waals surface area contributed by atoms with Gasteiger partial charge in [-0.2, -0.15) is 0 Å². The van der Waals surface area contributed by atoms with Crippen molar-refractivity contribution in [1.82, 2.24) is 4.90 Å². The van der Waals surface area contributed by atoms with Crippen LogP contribution in [0.1, 0.15) is 37.5 Å². The van der Waals surface area contributed by atoms with Gasteiger partial charge in [0.15, 0.2) is 11.5 Å². The fraction of sp³-hybridized carbons (Fsp3) is 0.375. The lowest BCUT2D eigenvalue weighted by molar-refractivity contribution is 0.262. The van der Waals surface area contributed by atoms with Crippen LogP contribution in [0.3, 0.4) is 0 Å². The van der Waals surface area contributed by atoms with E-state index in [-0.39, 0.29) is 9.79 Å². The van der Waals surface area contributed by atoms with E-state index >= 15 is 0 Å². The molecule has 232 valence electrons. The van der Waals surface area contributed by atoms with E-state index in [4.69, 9.17) is 30.2 Å². The van der Waals surface area contributed by atoms with Crippen molar-refractivity contribution in [2.24, 2.45) is 0 Å². The highest BCUT2D eigenvalue weighted by atomic mass is 79.9. The molecule has 0 amide bonds. The summed E-state index contributed by atoms with van der Waals surface area (Å²) >= 11 is 13.3. The highest BCUT2D eigenvalue weighted by Gasteiger charge is 2.29. The third-order valence-electron chi connectivity index (χ3n) is 7.14. The fourth-order valence-corrected chi connectivity index (χ4v) is 8.38. The average molecular weight is 758 g/mol. The Kier molecular flexibility index (Phi) is 11.9. The molecule has 0 N–H and O–H groups in total. The normalized spacial score (nSPS) is 11.8. The quantitative estimate of drug-likeness (QED) is 0.112. The summed E-state index contributed by atoms with van der Waals surface area (Å²) in [6.07, 6.45) is 3.91. The van der Waals surface area contributed by atoms with Crippen LogP contribution in [-0.4, -0.2) is 54.3 Å². The summed E-state index contributed by atoms with van der Waals surface area (Å²) in [5.41, 5.74) is 1.67. The van der Waals surface area contributed by atoms with Crippen molar-refractivity contribution in [3.8, 4) is 17.2 Å². The molecule has 11 heteroatoms. The average Bonchev–Trinajstić information content (AvgIpc) is 3.35. The number of unbranched alkanes of at least 4 members (excludes halogenated alkanes) is 1. The van der Waals surface area contributed by atoms with Gasteiger partial charge in [-0.05, 0) is 106 Å². The number of furan rings is 1. The van der Waals surface area contributed by atoms with Crippen LogP contribution in [0.5, 0.6) is 17.2 Å². The number of halogens is 3. The van der Waals surface area contributed by atoms with Crippen LogP contribution in [-0.2, 0) is 22.7 Å². The summed E-state index contributed by atoms with van der Waals surface area (Å²) in [7, 11) is 1.42. The van der Waals surface area contributed by atoms with Crippen LogP contribution in [0.25, 0.3) is 11.0 Å². The monoisotopic (exact) mass is 755 g/mol. The molecule has 0 bridgehead atoms. The Morgan fingerprint density at radius 3 is 2.30 bits per heavy atom. The van der Waals surface area contributed by atoms with Gasteiger partial charge in [-0.15, -0.1) is 0 Å². The number of sulfone groups is 1. The summed E-state index contributed by atoms with van der Waals surface area (Å²) in [6, 6.07) is 14.2. The number of methoxy groups -OCH3 is 2. The van der Waals surface area contributed by atoms with Gasteiger partial charge in [-0.25, -0.2) is 8.42 Å². The molecule has 0 fully saturated rings. The number of ether oxygens (including phenoxy) is 3. The second-order valence-electron chi connectivity index (χ2n) is 10.3. The molecule has 4 aromatic rings. The summed E-state index contributed by atoms with van der Waals surface area (Å²) in [4.78, 5) is 2.55. The third-order valence-corrected chi connectivity index (χ3v) is 10.4. The second kappa shape index (κ2) is 15.2. The van der Waals surface area contributed by atoms with Crippen LogP contribution in [0, 0.1) is 0 Å². The smallest absolute Gasteiger partial charge is 0.210 e. The number of hydrogen-bond donors (Lipinski definition) is 0. The molecule has 1 aromatic heterocycles. The minimum Gasteiger partial charge on any atom is -0.493 e. The van der Waals surface area contributed by atoms with Gasteiger partial charge in [0.1, 0.15) is 22.0 Å². The second-order valence-corrected chi connectivity index (χ2v) is 14.3. The molecule has 0 saturated carbocycles. The molecule has 1 heterocycles. The Morgan fingerprint density at radius 1 is 0.907 bits per heavy atom. The SMILES string of the molecule is CCCCc1oc2ccc(Cl)cc2c1S(=O)(=O)c1cc(Br)c(OCCCN(C)CCc2ccc(OC)c(OC)c2)c(Br)c1. The van der Waals surface area contributed by atoms with E-state index in [9.17, 15) is 8.42 Å². The molecule has 0 aliphatic rings. The van der Waals surface area contributed by atoms with Gasteiger partial charge in [-0.3, -0.25) is 0 Å². The van der Waals surface area contributed by atoms with Crippen molar-refractivity contribution in [2.45, 2.75) is 48.8 Å². The van der Waals surface area contributed by atoms with E-state index in [2.05, 4.69) is 50.7 Å². The summed E-state index contributed by atoms with van der Waals surface area (Å²) in [5, 5.41) is 0.936. The topological polar surface area (TPSA) is 78.2 Å². The molecule has 43 heavy (non-hydrogen) atoms. The van der Waals surface area contributed by atoms with Gasteiger partial charge < -0.3 is 23.5 Å². The van der Waals surface area contributed by atoms with Crippen molar-refractivity contribution in [1.29, 1.82) is 0 Å².